The maximum atomic E-state index is 11.7. The molecule has 28 heavy (non-hydrogen) atoms. The van der Waals surface area contributed by atoms with Gasteiger partial charge < -0.3 is 20.2 Å². The van der Waals surface area contributed by atoms with E-state index in [0.717, 1.165) is 25.2 Å². The molecule has 0 radical (unpaired) electrons. The SMILES string of the molecule is CC(C)CCCCCCCCCCCCCC(=O)NCC(O)COP(=O)(O)O. The first kappa shape index (κ1) is 27.5. The summed E-state index contributed by atoms with van der Waals surface area (Å²) in [5, 5.41) is 12.0. The molecule has 0 aliphatic heterocycles. The number of aliphatic hydroxyl groups is 1. The Morgan fingerprint density at radius 1 is 0.893 bits per heavy atom. The van der Waals surface area contributed by atoms with Crippen LogP contribution in [0.15, 0.2) is 0 Å². The Bertz CT molecular complexity index is 427. The van der Waals surface area contributed by atoms with Crippen LogP contribution in [0.3, 0.4) is 0 Å². The average molecular weight is 424 g/mol. The van der Waals surface area contributed by atoms with Crippen LogP contribution in [0, 0.1) is 5.92 Å². The minimum absolute atomic E-state index is 0.0731. The van der Waals surface area contributed by atoms with E-state index in [1.807, 2.05) is 0 Å². The van der Waals surface area contributed by atoms with Crippen molar-refractivity contribution in [1.82, 2.24) is 5.32 Å². The number of rotatable bonds is 19. The number of unbranched alkanes of at least 4 members (excludes halogenated alkanes) is 10. The second-order valence-corrected chi connectivity index (χ2v) is 9.31. The summed E-state index contributed by atoms with van der Waals surface area (Å²) in [6, 6.07) is 0. The summed E-state index contributed by atoms with van der Waals surface area (Å²) in [7, 11) is -4.59. The highest BCUT2D eigenvalue weighted by Gasteiger charge is 2.17. The van der Waals surface area contributed by atoms with E-state index in [1.54, 1.807) is 0 Å². The maximum absolute atomic E-state index is 11.7. The molecule has 1 unspecified atom stereocenters. The highest BCUT2D eigenvalue weighted by molar-refractivity contribution is 7.46. The molecule has 7 nitrogen and oxygen atoms in total. The molecule has 168 valence electrons. The third-order valence-electron chi connectivity index (χ3n) is 4.66. The Labute approximate surface area is 170 Å². The van der Waals surface area contributed by atoms with Crippen molar-refractivity contribution in [3.63, 3.8) is 0 Å². The van der Waals surface area contributed by atoms with Crippen LogP contribution in [-0.4, -0.2) is 40.1 Å². The first-order chi connectivity index (χ1) is 13.2. The fraction of sp³-hybridized carbons (Fsp3) is 0.950. The molecule has 0 aromatic heterocycles. The molecule has 0 aromatic rings. The van der Waals surface area contributed by atoms with Gasteiger partial charge in [-0.25, -0.2) is 4.57 Å². The number of amides is 1. The molecule has 4 N–H and O–H groups in total. The summed E-state index contributed by atoms with van der Waals surface area (Å²) in [6.07, 6.45) is 14.2. The van der Waals surface area contributed by atoms with Crippen molar-refractivity contribution in [2.45, 2.75) is 103 Å². The summed E-state index contributed by atoms with van der Waals surface area (Å²) in [5.74, 6) is 0.667. The number of carbonyl (C=O) groups excluding carboxylic acids is 1. The zero-order chi connectivity index (χ0) is 21.3. The molecule has 0 aromatic carbocycles. The molecular weight excluding hydrogens is 381 g/mol. The van der Waals surface area contributed by atoms with Crippen LogP contribution in [0.1, 0.15) is 97.3 Å². The van der Waals surface area contributed by atoms with Gasteiger partial charge in [-0.3, -0.25) is 9.32 Å². The van der Waals surface area contributed by atoms with Gasteiger partial charge in [0.1, 0.15) is 0 Å². The molecule has 0 aliphatic rings. The van der Waals surface area contributed by atoms with Crippen molar-refractivity contribution in [3.8, 4) is 0 Å². The number of phosphoric acid groups is 1. The maximum Gasteiger partial charge on any atom is 0.469 e. The van der Waals surface area contributed by atoms with Crippen LogP contribution in [0.2, 0.25) is 0 Å². The summed E-state index contributed by atoms with van der Waals surface area (Å²) in [6.45, 7) is 3.98. The van der Waals surface area contributed by atoms with Gasteiger partial charge in [0.2, 0.25) is 5.91 Å². The standard InChI is InChI=1S/C20H42NO6P/c1-18(2)14-12-10-8-6-4-3-5-7-9-11-13-15-20(23)21-16-19(22)17-27-28(24,25)26/h18-19,22H,3-17H2,1-2H3,(H,21,23)(H2,24,25,26). The van der Waals surface area contributed by atoms with E-state index in [0.29, 0.717) is 6.42 Å². The predicted octanol–water partition coefficient (Wildman–Crippen LogP) is 4.30. The molecule has 1 atom stereocenters. The van der Waals surface area contributed by atoms with Crippen LogP contribution in [0.5, 0.6) is 0 Å². The fourth-order valence-electron chi connectivity index (χ4n) is 2.99. The number of carbonyl (C=O) groups is 1. The first-order valence-electron chi connectivity index (χ1n) is 10.9. The first-order valence-corrected chi connectivity index (χ1v) is 12.4. The predicted molar refractivity (Wildman–Crippen MR) is 112 cm³/mol. The second kappa shape index (κ2) is 17.4. The molecule has 0 heterocycles. The summed E-state index contributed by atoms with van der Waals surface area (Å²) in [4.78, 5) is 28.7. The minimum Gasteiger partial charge on any atom is -0.389 e. The number of aliphatic hydroxyl groups excluding tert-OH is 1. The van der Waals surface area contributed by atoms with Crippen LogP contribution in [0.4, 0.5) is 0 Å². The monoisotopic (exact) mass is 423 g/mol. The van der Waals surface area contributed by atoms with Gasteiger partial charge in [-0.1, -0.05) is 84.5 Å². The van der Waals surface area contributed by atoms with Gasteiger partial charge in [-0.2, -0.15) is 0 Å². The molecule has 0 saturated carbocycles. The molecule has 0 spiro atoms. The third-order valence-corrected chi connectivity index (χ3v) is 5.14. The molecular formula is C20H42NO6P. The molecule has 0 saturated heterocycles. The average Bonchev–Trinajstić information content (AvgIpc) is 2.61. The topological polar surface area (TPSA) is 116 Å². The highest BCUT2D eigenvalue weighted by atomic mass is 31.2. The lowest BCUT2D eigenvalue weighted by atomic mass is 10.0. The van der Waals surface area contributed by atoms with E-state index in [9.17, 15) is 14.5 Å². The van der Waals surface area contributed by atoms with Crippen molar-refractivity contribution in [1.29, 1.82) is 0 Å². The van der Waals surface area contributed by atoms with E-state index < -0.39 is 20.5 Å². The largest absolute Gasteiger partial charge is 0.469 e. The van der Waals surface area contributed by atoms with Gasteiger partial charge in [-0.05, 0) is 12.3 Å². The van der Waals surface area contributed by atoms with Crippen LogP contribution < -0.4 is 5.32 Å². The molecule has 0 bridgehead atoms. The summed E-state index contributed by atoms with van der Waals surface area (Å²) in [5.41, 5.74) is 0. The number of hydrogen-bond donors (Lipinski definition) is 4. The van der Waals surface area contributed by atoms with E-state index >= 15 is 0 Å². The number of nitrogens with one attached hydrogen (secondary N) is 1. The van der Waals surface area contributed by atoms with Crippen LogP contribution >= 0.6 is 7.82 Å². The van der Waals surface area contributed by atoms with Gasteiger partial charge in [0.15, 0.2) is 0 Å². The quantitative estimate of drug-likeness (QED) is 0.182. The lowest BCUT2D eigenvalue weighted by molar-refractivity contribution is -0.121. The molecule has 1 amide bonds. The highest BCUT2D eigenvalue weighted by Crippen LogP contribution is 2.35. The third kappa shape index (κ3) is 21.8. The lowest BCUT2D eigenvalue weighted by Crippen LogP contribution is -2.34. The van der Waals surface area contributed by atoms with Crippen molar-refractivity contribution in [2.75, 3.05) is 13.2 Å². The molecule has 0 rings (SSSR count). The zero-order valence-corrected chi connectivity index (χ0v) is 18.7. The van der Waals surface area contributed by atoms with Gasteiger partial charge in [0.25, 0.3) is 0 Å². The molecule has 8 heteroatoms. The Balaban J connectivity index is 3.33. The second-order valence-electron chi connectivity index (χ2n) is 8.07. The van der Waals surface area contributed by atoms with Crippen molar-refractivity contribution >= 4 is 13.7 Å². The van der Waals surface area contributed by atoms with Gasteiger partial charge in [-0.15, -0.1) is 0 Å². The van der Waals surface area contributed by atoms with Crippen LogP contribution in [0.25, 0.3) is 0 Å². The summed E-state index contributed by atoms with van der Waals surface area (Å²) >= 11 is 0. The smallest absolute Gasteiger partial charge is 0.389 e. The Morgan fingerprint density at radius 2 is 1.36 bits per heavy atom. The van der Waals surface area contributed by atoms with E-state index in [-0.39, 0.29) is 12.5 Å². The Morgan fingerprint density at radius 3 is 1.82 bits per heavy atom. The molecule has 0 fully saturated rings. The van der Waals surface area contributed by atoms with Crippen molar-refractivity contribution in [2.24, 2.45) is 5.92 Å². The van der Waals surface area contributed by atoms with Gasteiger partial charge in [0, 0.05) is 13.0 Å². The Hall–Kier alpha value is -0.460. The lowest BCUT2D eigenvalue weighted by Gasteiger charge is -2.12. The Kier molecular flexibility index (Phi) is 17.1. The van der Waals surface area contributed by atoms with Gasteiger partial charge in [0.05, 0.1) is 12.7 Å². The van der Waals surface area contributed by atoms with E-state index in [1.165, 1.54) is 57.8 Å². The van der Waals surface area contributed by atoms with Crippen LogP contribution in [-0.2, 0) is 13.9 Å². The van der Waals surface area contributed by atoms with Gasteiger partial charge >= 0.3 is 7.82 Å². The number of hydrogen-bond acceptors (Lipinski definition) is 4. The van der Waals surface area contributed by atoms with Crippen molar-refractivity contribution < 1.29 is 28.8 Å². The van der Waals surface area contributed by atoms with E-state index in [2.05, 4.69) is 23.7 Å². The van der Waals surface area contributed by atoms with E-state index in [4.69, 9.17) is 9.79 Å². The number of phosphoric ester groups is 1. The molecule has 0 aliphatic carbocycles. The van der Waals surface area contributed by atoms with Crippen molar-refractivity contribution in [3.05, 3.63) is 0 Å². The zero-order valence-electron chi connectivity index (χ0n) is 17.8. The fourth-order valence-corrected chi connectivity index (χ4v) is 3.36. The summed E-state index contributed by atoms with van der Waals surface area (Å²) < 4.78 is 14.7. The normalized spacial score (nSPS) is 13.1. The minimum atomic E-state index is -4.59.